The SMILES string of the molecule is CCCN(CCC(=O)OC)C(=O)OC(C)(C)C. The van der Waals surface area contributed by atoms with Crippen molar-refractivity contribution >= 4 is 12.1 Å². The quantitative estimate of drug-likeness (QED) is 0.697. The van der Waals surface area contributed by atoms with E-state index in [9.17, 15) is 9.59 Å². The van der Waals surface area contributed by atoms with E-state index in [0.717, 1.165) is 6.42 Å². The van der Waals surface area contributed by atoms with Crippen molar-refractivity contribution in [2.75, 3.05) is 20.2 Å². The fourth-order valence-corrected chi connectivity index (χ4v) is 1.22. The van der Waals surface area contributed by atoms with Gasteiger partial charge in [0.05, 0.1) is 13.5 Å². The van der Waals surface area contributed by atoms with Crippen LogP contribution < -0.4 is 0 Å². The van der Waals surface area contributed by atoms with Crippen LogP contribution in [0.4, 0.5) is 4.79 Å². The lowest BCUT2D eigenvalue weighted by molar-refractivity contribution is -0.140. The topological polar surface area (TPSA) is 55.8 Å². The average molecular weight is 245 g/mol. The first-order valence-corrected chi connectivity index (χ1v) is 5.85. The highest BCUT2D eigenvalue weighted by molar-refractivity contribution is 5.72. The van der Waals surface area contributed by atoms with Crippen LogP contribution in [-0.2, 0) is 14.3 Å². The Balaban J connectivity index is 4.31. The van der Waals surface area contributed by atoms with Gasteiger partial charge >= 0.3 is 12.1 Å². The zero-order valence-electron chi connectivity index (χ0n) is 11.4. The fraction of sp³-hybridized carbons (Fsp3) is 0.833. The van der Waals surface area contributed by atoms with Crippen molar-refractivity contribution in [3.8, 4) is 0 Å². The maximum absolute atomic E-state index is 11.8. The molecule has 0 aromatic heterocycles. The van der Waals surface area contributed by atoms with Gasteiger partial charge in [0.2, 0.25) is 0 Å². The summed E-state index contributed by atoms with van der Waals surface area (Å²) in [5, 5.41) is 0. The molecule has 0 saturated heterocycles. The van der Waals surface area contributed by atoms with Gasteiger partial charge in [-0.1, -0.05) is 6.92 Å². The molecule has 0 unspecified atom stereocenters. The molecular weight excluding hydrogens is 222 g/mol. The first-order valence-electron chi connectivity index (χ1n) is 5.85. The summed E-state index contributed by atoms with van der Waals surface area (Å²) >= 11 is 0. The number of methoxy groups -OCH3 is 1. The van der Waals surface area contributed by atoms with E-state index in [0.29, 0.717) is 13.1 Å². The van der Waals surface area contributed by atoms with Gasteiger partial charge in [-0.15, -0.1) is 0 Å². The summed E-state index contributed by atoms with van der Waals surface area (Å²) in [6.07, 6.45) is 0.624. The highest BCUT2D eigenvalue weighted by Crippen LogP contribution is 2.10. The molecule has 0 rings (SSSR count). The summed E-state index contributed by atoms with van der Waals surface area (Å²) in [4.78, 5) is 24.4. The van der Waals surface area contributed by atoms with Gasteiger partial charge in [-0.3, -0.25) is 4.79 Å². The minimum atomic E-state index is -0.520. The van der Waals surface area contributed by atoms with Crippen molar-refractivity contribution in [3.05, 3.63) is 0 Å². The monoisotopic (exact) mass is 245 g/mol. The molecule has 5 nitrogen and oxygen atoms in total. The van der Waals surface area contributed by atoms with E-state index < -0.39 is 5.60 Å². The predicted molar refractivity (Wildman–Crippen MR) is 64.7 cm³/mol. The van der Waals surface area contributed by atoms with Gasteiger partial charge in [-0.05, 0) is 27.2 Å². The van der Waals surface area contributed by atoms with Gasteiger partial charge in [0.25, 0.3) is 0 Å². The molecule has 0 aliphatic heterocycles. The molecule has 5 heteroatoms. The van der Waals surface area contributed by atoms with Gasteiger partial charge in [0.1, 0.15) is 5.60 Å². The number of esters is 1. The van der Waals surface area contributed by atoms with Crippen LogP contribution in [0, 0.1) is 0 Å². The Morgan fingerprint density at radius 2 is 1.76 bits per heavy atom. The normalized spacial score (nSPS) is 10.9. The molecule has 0 N–H and O–H groups in total. The first-order chi connectivity index (χ1) is 7.80. The second kappa shape index (κ2) is 7.14. The standard InChI is InChI=1S/C12H23NO4/c1-6-8-13(9-7-10(14)16-5)11(15)17-12(2,3)4/h6-9H2,1-5H3. The molecule has 0 heterocycles. The second-order valence-corrected chi connectivity index (χ2v) is 4.79. The number of ether oxygens (including phenoxy) is 2. The van der Waals surface area contributed by atoms with Gasteiger partial charge in [-0.25, -0.2) is 4.79 Å². The molecule has 100 valence electrons. The molecule has 0 spiro atoms. The summed E-state index contributed by atoms with van der Waals surface area (Å²) in [6, 6.07) is 0. The van der Waals surface area contributed by atoms with Crippen LogP contribution in [0.5, 0.6) is 0 Å². The number of hydrogen-bond acceptors (Lipinski definition) is 4. The van der Waals surface area contributed by atoms with Crippen molar-refractivity contribution in [2.24, 2.45) is 0 Å². The molecule has 17 heavy (non-hydrogen) atoms. The molecule has 0 radical (unpaired) electrons. The van der Waals surface area contributed by atoms with E-state index in [2.05, 4.69) is 4.74 Å². The fourth-order valence-electron chi connectivity index (χ4n) is 1.22. The van der Waals surface area contributed by atoms with Crippen LogP contribution >= 0.6 is 0 Å². The van der Waals surface area contributed by atoms with Crippen LogP contribution in [-0.4, -0.2) is 42.8 Å². The Kier molecular flexibility index (Phi) is 6.61. The maximum Gasteiger partial charge on any atom is 0.410 e. The molecular formula is C12H23NO4. The van der Waals surface area contributed by atoms with Crippen LogP contribution in [0.2, 0.25) is 0 Å². The lowest BCUT2D eigenvalue weighted by atomic mass is 10.2. The average Bonchev–Trinajstić information content (AvgIpc) is 2.20. The minimum Gasteiger partial charge on any atom is -0.469 e. The Bertz CT molecular complexity index is 258. The molecule has 0 aliphatic carbocycles. The summed E-state index contributed by atoms with van der Waals surface area (Å²) in [5.41, 5.74) is -0.520. The Hall–Kier alpha value is -1.26. The second-order valence-electron chi connectivity index (χ2n) is 4.79. The lowest BCUT2D eigenvalue weighted by Gasteiger charge is -2.26. The third kappa shape index (κ3) is 7.60. The van der Waals surface area contributed by atoms with Crippen molar-refractivity contribution < 1.29 is 19.1 Å². The van der Waals surface area contributed by atoms with Crippen molar-refractivity contribution in [1.82, 2.24) is 4.90 Å². The van der Waals surface area contributed by atoms with Crippen LogP contribution in [0.15, 0.2) is 0 Å². The number of carbonyl (C=O) groups is 2. The molecule has 1 amide bonds. The van der Waals surface area contributed by atoms with Gasteiger partial charge in [-0.2, -0.15) is 0 Å². The van der Waals surface area contributed by atoms with Crippen LogP contribution in [0.25, 0.3) is 0 Å². The number of amides is 1. The van der Waals surface area contributed by atoms with Crippen molar-refractivity contribution in [1.29, 1.82) is 0 Å². The van der Waals surface area contributed by atoms with Crippen LogP contribution in [0.1, 0.15) is 40.5 Å². The number of carbonyl (C=O) groups excluding carboxylic acids is 2. The van der Waals surface area contributed by atoms with E-state index in [1.54, 1.807) is 0 Å². The highest BCUT2D eigenvalue weighted by atomic mass is 16.6. The number of rotatable bonds is 5. The zero-order chi connectivity index (χ0) is 13.5. The lowest BCUT2D eigenvalue weighted by Crippen LogP contribution is -2.38. The highest BCUT2D eigenvalue weighted by Gasteiger charge is 2.21. The van der Waals surface area contributed by atoms with Crippen LogP contribution in [0.3, 0.4) is 0 Å². The largest absolute Gasteiger partial charge is 0.469 e. The molecule has 0 aromatic carbocycles. The maximum atomic E-state index is 11.8. The molecule has 0 bridgehead atoms. The zero-order valence-corrected chi connectivity index (χ0v) is 11.4. The first kappa shape index (κ1) is 15.7. The molecule has 0 fully saturated rings. The Labute approximate surface area is 103 Å². The summed E-state index contributed by atoms with van der Waals surface area (Å²) < 4.78 is 9.79. The molecule has 0 saturated carbocycles. The third-order valence-corrected chi connectivity index (χ3v) is 1.96. The van der Waals surface area contributed by atoms with Crippen molar-refractivity contribution in [2.45, 2.75) is 46.1 Å². The number of nitrogens with zero attached hydrogens (tertiary/aromatic N) is 1. The van der Waals surface area contributed by atoms with E-state index in [1.807, 2.05) is 27.7 Å². The molecule has 0 aromatic rings. The van der Waals surface area contributed by atoms with E-state index in [1.165, 1.54) is 12.0 Å². The van der Waals surface area contributed by atoms with Gasteiger partial charge in [0, 0.05) is 13.1 Å². The molecule has 0 aliphatic rings. The van der Waals surface area contributed by atoms with Gasteiger partial charge in [0.15, 0.2) is 0 Å². The predicted octanol–water partition coefficient (Wildman–Crippen LogP) is 2.20. The molecule has 0 atom stereocenters. The Morgan fingerprint density at radius 1 is 1.18 bits per heavy atom. The summed E-state index contributed by atoms with van der Waals surface area (Å²) in [7, 11) is 1.33. The summed E-state index contributed by atoms with van der Waals surface area (Å²) in [5.74, 6) is -0.324. The summed E-state index contributed by atoms with van der Waals surface area (Å²) in [6.45, 7) is 8.32. The Morgan fingerprint density at radius 3 is 2.18 bits per heavy atom. The minimum absolute atomic E-state index is 0.190. The van der Waals surface area contributed by atoms with Gasteiger partial charge < -0.3 is 14.4 Å². The van der Waals surface area contributed by atoms with E-state index in [-0.39, 0.29) is 18.5 Å². The third-order valence-electron chi connectivity index (χ3n) is 1.96. The number of hydrogen-bond donors (Lipinski definition) is 0. The smallest absolute Gasteiger partial charge is 0.410 e. The van der Waals surface area contributed by atoms with E-state index >= 15 is 0 Å². The van der Waals surface area contributed by atoms with Crippen molar-refractivity contribution in [3.63, 3.8) is 0 Å². The van der Waals surface area contributed by atoms with E-state index in [4.69, 9.17) is 4.74 Å².